The second-order valence-corrected chi connectivity index (χ2v) is 3.38. The van der Waals surface area contributed by atoms with Gasteiger partial charge in [0.05, 0.1) is 6.04 Å². The number of ether oxygens (including phenoxy) is 1. The Balaban J connectivity index is 2.46. The number of nitrogens with zero attached hydrogens (tertiary/aromatic N) is 1. The summed E-state index contributed by atoms with van der Waals surface area (Å²) in [6.45, 7) is 6.93. The number of cyclic esters (lactones) is 1. The zero-order valence-corrected chi connectivity index (χ0v) is 8.04. The van der Waals surface area contributed by atoms with E-state index in [4.69, 9.17) is 4.74 Å². The lowest BCUT2D eigenvalue weighted by atomic mass is 10.2. The van der Waals surface area contributed by atoms with Gasteiger partial charge in [-0.25, -0.2) is 4.79 Å². The van der Waals surface area contributed by atoms with E-state index in [0.717, 1.165) is 19.4 Å². The van der Waals surface area contributed by atoms with Gasteiger partial charge >= 0.3 is 6.09 Å². The van der Waals surface area contributed by atoms with E-state index in [1.165, 1.54) is 0 Å². The van der Waals surface area contributed by atoms with E-state index in [1.54, 1.807) is 0 Å². The second kappa shape index (κ2) is 3.78. The summed E-state index contributed by atoms with van der Waals surface area (Å²) in [7, 11) is 0. The van der Waals surface area contributed by atoms with Crippen LogP contribution in [0.1, 0.15) is 33.6 Å². The van der Waals surface area contributed by atoms with Gasteiger partial charge in [0.2, 0.25) is 0 Å². The molecule has 3 heteroatoms. The van der Waals surface area contributed by atoms with Gasteiger partial charge in [-0.1, -0.05) is 13.3 Å². The number of unbranched alkanes of at least 4 members (excludes halogenated alkanes) is 1. The average Bonchev–Trinajstić information content (AvgIpc) is 2.25. The van der Waals surface area contributed by atoms with Crippen LogP contribution >= 0.6 is 0 Å². The van der Waals surface area contributed by atoms with Crippen LogP contribution in [0.4, 0.5) is 4.79 Å². The van der Waals surface area contributed by atoms with Crippen LogP contribution in [-0.4, -0.2) is 29.7 Å². The minimum Gasteiger partial charge on any atom is -0.444 e. The van der Waals surface area contributed by atoms with Crippen LogP contribution in [0, 0.1) is 0 Å². The summed E-state index contributed by atoms with van der Waals surface area (Å²) < 4.78 is 5.07. The molecule has 1 fully saturated rings. The Morgan fingerprint density at radius 3 is 2.58 bits per heavy atom. The molecule has 12 heavy (non-hydrogen) atoms. The van der Waals surface area contributed by atoms with Crippen molar-refractivity contribution in [2.24, 2.45) is 0 Å². The summed E-state index contributed by atoms with van der Waals surface area (Å²) in [6, 6.07) is 0.240. The fourth-order valence-electron chi connectivity index (χ4n) is 1.37. The Morgan fingerprint density at radius 2 is 2.17 bits per heavy atom. The van der Waals surface area contributed by atoms with Crippen molar-refractivity contribution < 1.29 is 9.53 Å². The first-order chi connectivity index (χ1) is 5.66. The number of hydrogen-bond donors (Lipinski definition) is 0. The molecule has 0 bridgehead atoms. The first kappa shape index (κ1) is 9.36. The zero-order valence-electron chi connectivity index (χ0n) is 8.04. The van der Waals surface area contributed by atoms with Crippen LogP contribution < -0.4 is 0 Å². The molecule has 1 saturated heterocycles. The van der Waals surface area contributed by atoms with Crippen molar-refractivity contribution in [1.29, 1.82) is 0 Å². The molecular formula is C9H17NO2. The lowest BCUT2D eigenvalue weighted by Crippen LogP contribution is -2.33. The first-order valence-electron chi connectivity index (χ1n) is 4.64. The molecular weight excluding hydrogens is 154 g/mol. The minimum atomic E-state index is -0.150. The average molecular weight is 171 g/mol. The highest BCUT2D eigenvalue weighted by atomic mass is 16.6. The molecule has 1 heterocycles. The number of carbonyl (C=O) groups is 1. The predicted octanol–water partition coefficient (Wildman–Crippen LogP) is 2.02. The predicted molar refractivity (Wildman–Crippen MR) is 47.0 cm³/mol. The van der Waals surface area contributed by atoms with E-state index in [-0.39, 0.29) is 18.2 Å². The van der Waals surface area contributed by atoms with Crippen LogP contribution in [0.15, 0.2) is 0 Å². The normalized spacial score (nSPS) is 29.2. The summed E-state index contributed by atoms with van der Waals surface area (Å²) in [5, 5.41) is 0. The van der Waals surface area contributed by atoms with Gasteiger partial charge in [0.25, 0.3) is 0 Å². The molecule has 1 aliphatic heterocycles. The quantitative estimate of drug-likeness (QED) is 0.650. The van der Waals surface area contributed by atoms with Crippen molar-refractivity contribution in [3.05, 3.63) is 0 Å². The van der Waals surface area contributed by atoms with Crippen molar-refractivity contribution >= 4 is 6.09 Å². The summed E-state index contributed by atoms with van der Waals surface area (Å²) in [4.78, 5) is 13.0. The number of rotatable bonds is 3. The van der Waals surface area contributed by atoms with Crippen molar-refractivity contribution in [3.63, 3.8) is 0 Å². The lowest BCUT2D eigenvalue weighted by Gasteiger charge is -2.18. The van der Waals surface area contributed by atoms with E-state index < -0.39 is 0 Å². The van der Waals surface area contributed by atoms with Crippen LogP contribution in [-0.2, 0) is 4.74 Å². The maximum Gasteiger partial charge on any atom is 0.410 e. The monoisotopic (exact) mass is 171 g/mol. The molecule has 0 aromatic rings. The van der Waals surface area contributed by atoms with Crippen LogP contribution in [0.5, 0.6) is 0 Å². The highest BCUT2D eigenvalue weighted by molar-refractivity contribution is 5.70. The van der Waals surface area contributed by atoms with Crippen molar-refractivity contribution in [2.75, 3.05) is 6.54 Å². The molecule has 0 radical (unpaired) electrons. The summed E-state index contributed by atoms with van der Waals surface area (Å²) in [5.41, 5.74) is 0. The fourth-order valence-corrected chi connectivity index (χ4v) is 1.37. The number of hydrogen-bond acceptors (Lipinski definition) is 2. The summed E-state index contributed by atoms with van der Waals surface area (Å²) >= 11 is 0. The van der Waals surface area contributed by atoms with Gasteiger partial charge in [0.15, 0.2) is 0 Å². The maximum atomic E-state index is 11.2. The SMILES string of the molecule is CCCCN1C(=O)O[C@@H](C)[C@H]1C. The molecule has 1 aliphatic rings. The largest absolute Gasteiger partial charge is 0.444 e. The van der Waals surface area contributed by atoms with Gasteiger partial charge in [0.1, 0.15) is 6.10 Å². The van der Waals surface area contributed by atoms with Gasteiger partial charge in [-0.05, 0) is 20.3 Å². The molecule has 0 N–H and O–H groups in total. The Bertz CT molecular complexity index is 170. The van der Waals surface area contributed by atoms with Gasteiger partial charge in [-0.2, -0.15) is 0 Å². The van der Waals surface area contributed by atoms with Crippen molar-refractivity contribution in [1.82, 2.24) is 4.90 Å². The Morgan fingerprint density at radius 1 is 1.50 bits per heavy atom. The molecule has 1 amide bonds. The van der Waals surface area contributed by atoms with Crippen LogP contribution in [0.25, 0.3) is 0 Å². The highest BCUT2D eigenvalue weighted by Gasteiger charge is 2.34. The van der Waals surface area contributed by atoms with Crippen molar-refractivity contribution in [3.8, 4) is 0 Å². The van der Waals surface area contributed by atoms with Gasteiger partial charge in [-0.15, -0.1) is 0 Å². The molecule has 0 aromatic heterocycles. The van der Waals surface area contributed by atoms with Gasteiger partial charge in [0, 0.05) is 6.54 Å². The van der Waals surface area contributed by atoms with E-state index in [1.807, 2.05) is 18.7 Å². The molecule has 3 nitrogen and oxygen atoms in total. The third-order valence-corrected chi connectivity index (χ3v) is 2.44. The smallest absolute Gasteiger partial charge is 0.410 e. The Hall–Kier alpha value is -0.730. The molecule has 0 saturated carbocycles. The molecule has 0 aromatic carbocycles. The van der Waals surface area contributed by atoms with Gasteiger partial charge < -0.3 is 9.64 Å². The van der Waals surface area contributed by atoms with E-state index in [0.29, 0.717) is 0 Å². The van der Waals surface area contributed by atoms with Crippen molar-refractivity contribution in [2.45, 2.75) is 45.8 Å². The Kier molecular flexibility index (Phi) is 2.95. The molecule has 0 unspecified atom stereocenters. The standard InChI is InChI=1S/C9H17NO2/c1-4-5-6-10-7(2)8(3)12-9(10)11/h7-8H,4-6H2,1-3H3/t7-,8+/m1/s1. The minimum absolute atomic E-state index is 0.0503. The number of amides is 1. The van der Waals surface area contributed by atoms with Gasteiger partial charge in [-0.3, -0.25) is 0 Å². The highest BCUT2D eigenvalue weighted by Crippen LogP contribution is 2.18. The fraction of sp³-hybridized carbons (Fsp3) is 0.889. The second-order valence-electron chi connectivity index (χ2n) is 3.38. The lowest BCUT2D eigenvalue weighted by molar-refractivity contribution is 0.137. The summed E-state index contributed by atoms with van der Waals surface area (Å²) in [5.74, 6) is 0. The van der Waals surface area contributed by atoms with E-state index in [2.05, 4.69) is 6.92 Å². The molecule has 1 rings (SSSR count). The van der Waals surface area contributed by atoms with Crippen LogP contribution in [0.2, 0.25) is 0 Å². The third-order valence-electron chi connectivity index (χ3n) is 2.44. The molecule has 0 aliphatic carbocycles. The summed E-state index contributed by atoms with van der Waals surface area (Å²) in [6.07, 6.45) is 2.08. The molecule has 70 valence electrons. The molecule has 2 atom stereocenters. The number of carbonyl (C=O) groups excluding carboxylic acids is 1. The van der Waals surface area contributed by atoms with Crippen LogP contribution in [0.3, 0.4) is 0 Å². The maximum absolute atomic E-state index is 11.2. The topological polar surface area (TPSA) is 29.5 Å². The zero-order chi connectivity index (χ0) is 9.14. The van der Waals surface area contributed by atoms with E-state index in [9.17, 15) is 4.79 Å². The third kappa shape index (κ3) is 1.71. The molecule has 0 spiro atoms. The Labute approximate surface area is 73.7 Å². The first-order valence-corrected chi connectivity index (χ1v) is 4.64. The van der Waals surface area contributed by atoms with E-state index >= 15 is 0 Å².